The Kier molecular flexibility index (Phi) is 14.6. The summed E-state index contributed by atoms with van der Waals surface area (Å²) in [6, 6.07) is 10.8. The number of ether oxygens (including phenoxy) is 2. The zero-order chi connectivity index (χ0) is 36.2. The number of phenolic OH excluding ortho intramolecular Hbond substituents is 1. The molecule has 0 saturated carbocycles. The van der Waals surface area contributed by atoms with E-state index in [4.69, 9.17) is 14.0 Å². The fraction of sp³-hybridized carbons (Fsp3) is 0.622. The lowest BCUT2D eigenvalue weighted by Gasteiger charge is -2.40. The topological polar surface area (TPSA) is 121 Å². The van der Waals surface area contributed by atoms with E-state index in [0.717, 1.165) is 58.0 Å². The summed E-state index contributed by atoms with van der Waals surface area (Å²) in [5.41, 5.74) is 1.96. The number of carbonyl (C=O) groups is 1. The third-order valence-electron chi connectivity index (χ3n) is 9.48. The SMILES string of the molecule is CCCCC(C)SSC(C)(C)COC(=O)N(C)c1nnc(-c2ccccc2O)cc1N1CCN(CC2CCN(CCOc3ccon3)CC2)CC1. The zero-order valence-corrected chi connectivity index (χ0v) is 32.5. The van der Waals surface area contributed by atoms with Crippen LogP contribution < -0.4 is 14.5 Å². The summed E-state index contributed by atoms with van der Waals surface area (Å²) in [4.78, 5) is 22.2. The van der Waals surface area contributed by atoms with Gasteiger partial charge >= 0.3 is 6.09 Å². The van der Waals surface area contributed by atoms with Crippen molar-refractivity contribution in [2.45, 2.75) is 69.8 Å². The van der Waals surface area contributed by atoms with Crippen LogP contribution in [0.2, 0.25) is 0 Å². The fourth-order valence-electron chi connectivity index (χ4n) is 6.35. The first kappa shape index (κ1) is 39.0. The number of anilines is 2. The minimum absolute atomic E-state index is 0.137. The first-order valence-electron chi connectivity index (χ1n) is 18.3. The first-order chi connectivity index (χ1) is 24.6. The van der Waals surface area contributed by atoms with Crippen molar-refractivity contribution < 1.29 is 23.9 Å². The lowest BCUT2D eigenvalue weighted by molar-refractivity contribution is 0.124. The number of aromatic nitrogens is 3. The molecule has 0 spiro atoms. The van der Waals surface area contributed by atoms with Gasteiger partial charge in [0, 0.05) is 63.2 Å². The number of hydrogen-bond acceptors (Lipinski definition) is 13. The largest absolute Gasteiger partial charge is 0.507 e. The molecule has 1 unspecified atom stereocenters. The normalized spacial score (nSPS) is 17.0. The number of para-hydroxylation sites is 1. The van der Waals surface area contributed by atoms with Crippen LogP contribution in [-0.2, 0) is 4.74 Å². The standard InChI is InChI=1S/C37H55N7O5S2/c1-6-7-10-28(2)50-51-37(3,4)27-48-36(46)41(5)35-32(25-31(38-39-35)30-11-8-9-12-33(30)45)44-20-18-43(19-21-44)26-29-13-16-42(17-14-29)22-24-47-34-15-23-49-40-34/h8-9,11-12,15,23,25,28-29,45H,6-7,10,13-14,16-22,24,26-27H2,1-5H3. The molecule has 0 bridgehead atoms. The van der Waals surface area contributed by atoms with Crippen molar-refractivity contribution in [1.82, 2.24) is 25.2 Å². The molecule has 5 rings (SSSR count). The second-order valence-corrected chi connectivity index (χ2v) is 17.6. The van der Waals surface area contributed by atoms with E-state index in [1.54, 1.807) is 36.0 Å². The minimum Gasteiger partial charge on any atom is -0.507 e. The quantitative estimate of drug-likeness (QED) is 0.142. The summed E-state index contributed by atoms with van der Waals surface area (Å²) >= 11 is 0. The van der Waals surface area contributed by atoms with Gasteiger partial charge < -0.3 is 24.0 Å². The molecular weight excluding hydrogens is 687 g/mol. The molecule has 51 heavy (non-hydrogen) atoms. The number of likely N-dealkylation sites (tertiary alicyclic amines) is 1. The highest BCUT2D eigenvalue weighted by molar-refractivity contribution is 8.77. The second-order valence-electron chi connectivity index (χ2n) is 14.2. The Labute approximate surface area is 311 Å². The van der Waals surface area contributed by atoms with Crippen LogP contribution in [0.25, 0.3) is 11.3 Å². The van der Waals surface area contributed by atoms with Crippen molar-refractivity contribution in [3.05, 3.63) is 42.7 Å². The molecule has 2 aromatic heterocycles. The van der Waals surface area contributed by atoms with Gasteiger partial charge in [-0.2, -0.15) is 0 Å². The molecular formula is C37H55N7O5S2. The maximum Gasteiger partial charge on any atom is 0.415 e. The number of phenols is 1. The molecule has 3 aromatic rings. The molecule has 14 heteroatoms. The van der Waals surface area contributed by atoms with Crippen LogP contribution in [0.1, 0.15) is 59.8 Å². The number of aromatic hydroxyl groups is 1. The molecule has 2 fully saturated rings. The Morgan fingerprint density at radius 1 is 1.10 bits per heavy atom. The number of hydrogen-bond donors (Lipinski definition) is 1. The van der Waals surface area contributed by atoms with E-state index in [9.17, 15) is 9.90 Å². The van der Waals surface area contributed by atoms with E-state index < -0.39 is 6.09 Å². The van der Waals surface area contributed by atoms with Crippen molar-refractivity contribution in [2.75, 3.05) is 82.4 Å². The molecule has 12 nitrogen and oxygen atoms in total. The van der Waals surface area contributed by atoms with Crippen molar-refractivity contribution in [1.29, 1.82) is 0 Å². The Balaban J connectivity index is 1.17. The molecule has 1 atom stereocenters. The number of carbonyl (C=O) groups excluding carboxylic acids is 1. The van der Waals surface area contributed by atoms with Gasteiger partial charge in [-0.25, -0.2) is 4.79 Å². The lowest BCUT2D eigenvalue weighted by atomic mass is 9.96. The third kappa shape index (κ3) is 11.6. The molecule has 2 aliphatic rings. The number of unbranched alkanes of at least 4 members (excludes halogenated alkanes) is 1. The van der Waals surface area contributed by atoms with E-state index in [2.05, 4.69) is 57.7 Å². The average Bonchev–Trinajstić information content (AvgIpc) is 3.67. The predicted molar refractivity (Wildman–Crippen MR) is 207 cm³/mol. The second kappa shape index (κ2) is 19.0. The average molecular weight is 742 g/mol. The first-order valence-corrected chi connectivity index (χ1v) is 20.5. The van der Waals surface area contributed by atoms with Gasteiger partial charge in [-0.05, 0) is 75.5 Å². The van der Waals surface area contributed by atoms with Crippen LogP contribution in [0.15, 0.2) is 47.2 Å². The van der Waals surface area contributed by atoms with Crippen molar-refractivity contribution in [2.24, 2.45) is 5.92 Å². The van der Waals surface area contributed by atoms with Gasteiger partial charge in [-0.15, -0.1) is 10.2 Å². The van der Waals surface area contributed by atoms with Crippen LogP contribution in [0, 0.1) is 5.92 Å². The van der Waals surface area contributed by atoms with Gasteiger partial charge in [0.05, 0.1) is 16.1 Å². The molecule has 280 valence electrons. The van der Waals surface area contributed by atoms with Gasteiger partial charge in [-0.1, -0.05) is 60.4 Å². The Bertz CT molecular complexity index is 1500. The van der Waals surface area contributed by atoms with Crippen LogP contribution in [0.5, 0.6) is 11.6 Å². The number of piperidine rings is 1. The number of piperazine rings is 1. The number of amides is 1. The molecule has 0 aliphatic carbocycles. The van der Waals surface area contributed by atoms with E-state index >= 15 is 0 Å². The number of benzene rings is 1. The molecule has 4 heterocycles. The Morgan fingerprint density at radius 2 is 1.86 bits per heavy atom. The Morgan fingerprint density at radius 3 is 2.57 bits per heavy atom. The molecule has 1 amide bonds. The zero-order valence-electron chi connectivity index (χ0n) is 30.8. The summed E-state index contributed by atoms with van der Waals surface area (Å²) in [6.45, 7) is 17.1. The van der Waals surface area contributed by atoms with E-state index in [1.165, 1.54) is 43.3 Å². The smallest absolute Gasteiger partial charge is 0.415 e. The molecule has 2 aliphatic heterocycles. The fourth-order valence-corrected chi connectivity index (χ4v) is 8.85. The van der Waals surface area contributed by atoms with Crippen LogP contribution in [0.4, 0.5) is 16.3 Å². The third-order valence-corrected chi connectivity index (χ3v) is 13.3. The maximum atomic E-state index is 13.5. The predicted octanol–water partition coefficient (Wildman–Crippen LogP) is 7.06. The lowest BCUT2D eigenvalue weighted by Crippen LogP contribution is -2.49. The number of rotatable bonds is 17. The molecule has 0 radical (unpaired) electrons. The van der Waals surface area contributed by atoms with Gasteiger partial charge in [0.25, 0.3) is 5.88 Å². The van der Waals surface area contributed by atoms with Crippen LogP contribution in [0.3, 0.4) is 0 Å². The van der Waals surface area contributed by atoms with Gasteiger partial charge in [0.2, 0.25) is 0 Å². The van der Waals surface area contributed by atoms with Crippen LogP contribution in [-0.4, -0.2) is 119 Å². The van der Waals surface area contributed by atoms with Crippen molar-refractivity contribution in [3.63, 3.8) is 0 Å². The summed E-state index contributed by atoms with van der Waals surface area (Å²) < 4.78 is 16.1. The summed E-state index contributed by atoms with van der Waals surface area (Å²) in [5.74, 6) is 1.78. The summed E-state index contributed by atoms with van der Waals surface area (Å²) in [5, 5.41) is 24.0. The summed E-state index contributed by atoms with van der Waals surface area (Å²) in [7, 11) is 5.33. The van der Waals surface area contributed by atoms with Crippen molar-refractivity contribution >= 4 is 39.2 Å². The molecule has 2 saturated heterocycles. The van der Waals surface area contributed by atoms with E-state index in [0.29, 0.717) is 40.7 Å². The monoisotopic (exact) mass is 741 g/mol. The van der Waals surface area contributed by atoms with E-state index in [-0.39, 0.29) is 17.1 Å². The Hall–Kier alpha value is -3.20. The highest BCUT2D eigenvalue weighted by Crippen LogP contribution is 2.40. The highest BCUT2D eigenvalue weighted by Gasteiger charge is 2.29. The van der Waals surface area contributed by atoms with Crippen molar-refractivity contribution in [3.8, 4) is 22.9 Å². The minimum atomic E-state index is -0.465. The van der Waals surface area contributed by atoms with Crippen LogP contribution >= 0.6 is 21.6 Å². The van der Waals surface area contributed by atoms with Gasteiger partial charge in [0.15, 0.2) is 5.82 Å². The molecule has 1 N–H and O–H groups in total. The van der Waals surface area contributed by atoms with Gasteiger partial charge in [0.1, 0.15) is 25.2 Å². The van der Waals surface area contributed by atoms with E-state index in [1.807, 2.05) is 29.0 Å². The summed E-state index contributed by atoms with van der Waals surface area (Å²) in [6.07, 6.45) is 7.00. The number of nitrogens with zero attached hydrogens (tertiary/aromatic N) is 7. The molecule has 1 aromatic carbocycles. The van der Waals surface area contributed by atoms with Gasteiger partial charge in [-0.3, -0.25) is 14.7 Å². The maximum absolute atomic E-state index is 13.5. The highest BCUT2D eigenvalue weighted by atomic mass is 33.1.